The van der Waals surface area contributed by atoms with Crippen molar-refractivity contribution < 1.29 is 75.6 Å². The number of hydrogen-bond acceptors (Lipinski definition) is 17. The molecule has 2 saturated heterocycles. The van der Waals surface area contributed by atoms with Gasteiger partial charge >= 0.3 is 18.0 Å². The molecule has 0 unspecified atom stereocenters. The number of thiocarbonyl (C=S) groups is 1. The Morgan fingerprint density at radius 1 is 1.01 bits per heavy atom. The molecule has 486 valence electrons. The summed E-state index contributed by atoms with van der Waals surface area (Å²) in [7, 11) is 0.125. The number of anilines is 1. The number of nitrogens with one attached hydrogen (secondary N) is 2. The van der Waals surface area contributed by atoms with Crippen LogP contribution >= 0.6 is 23.8 Å². The first-order valence-corrected chi connectivity index (χ1v) is 32.6. The second-order valence-corrected chi connectivity index (χ2v) is 27.5. The van der Waals surface area contributed by atoms with Crippen LogP contribution in [0, 0.1) is 24.7 Å². The number of halogens is 1. The first-order valence-electron chi connectivity index (χ1n) is 29.9. The fourth-order valence-corrected chi connectivity index (χ4v) is 13.2. The predicted octanol–water partition coefficient (Wildman–Crippen LogP) is 6.34. The lowest BCUT2D eigenvalue weighted by Gasteiger charge is -2.41. The Morgan fingerprint density at radius 3 is 2.34 bits per heavy atom. The quantitative estimate of drug-likeness (QED) is 0.0293. The van der Waals surface area contributed by atoms with Crippen LogP contribution in [0.25, 0.3) is 0 Å². The van der Waals surface area contributed by atoms with Crippen LogP contribution in [-0.4, -0.2) is 170 Å². The van der Waals surface area contributed by atoms with Crippen LogP contribution in [0.4, 0.5) is 10.5 Å². The minimum Gasteiger partial charge on any atom is -0.462 e. The number of esters is 2. The number of rotatable bonds is 24. The second kappa shape index (κ2) is 30.4. The van der Waals surface area contributed by atoms with Gasteiger partial charge in [-0.25, -0.2) is 18.0 Å². The third-order valence-electron chi connectivity index (χ3n) is 17.3. The summed E-state index contributed by atoms with van der Waals surface area (Å²) in [5, 5.41) is 17.7. The molecule has 89 heavy (non-hydrogen) atoms. The van der Waals surface area contributed by atoms with Crippen molar-refractivity contribution in [1.82, 2.24) is 20.4 Å². The number of unbranched alkanes of at least 4 members (excludes halogenated alkanes) is 2. The molecule has 4 heterocycles. The normalized spacial score (nSPS) is 25.0. The molecule has 0 spiro atoms. The van der Waals surface area contributed by atoms with E-state index in [9.17, 15) is 56.7 Å². The average molecular weight is 1290 g/mol. The number of epoxide rings is 1. The molecule has 6 rings (SSSR count). The summed E-state index contributed by atoms with van der Waals surface area (Å²) < 4.78 is 51.3. The van der Waals surface area contributed by atoms with E-state index in [0.717, 1.165) is 28.4 Å². The number of aliphatic hydroxyl groups is 1. The highest BCUT2D eigenvalue weighted by molar-refractivity contribution is 7.90. The number of ketones is 1. The second-order valence-electron chi connectivity index (χ2n) is 24.5. The lowest BCUT2D eigenvalue weighted by molar-refractivity contribution is -0.187. The molecular weight excluding hydrogens is 1210 g/mol. The SMILES string of the molecule is CO[C@@H]1/C=C/C=C(\C)Cc2cc(C)c(Cl)c(c2)N(C)C(=O)C[C@H](OC(=O)[C@H](C)N(C)C(=O)c2ccc(CC(=O)[C@H](CCCNC(N)=O)NC(=O)[C@@H](CC(=S)CCCCCN3C(=O)C=CC3=O)C(C)C)c(S(C)(=O)=O)c2)[C@]2(C)O[C@H]2[C@H](C)[C@@H]2C[C@@]1(O)CC(=O)O2. The van der Waals surface area contributed by atoms with E-state index in [1.54, 1.807) is 39.1 Å². The Morgan fingerprint density at radius 2 is 1.70 bits per heavy atom. The first-order chi connectivity index (χ1) is 41.7. The molecule has 4 bridgehead atoms. The molecule has 10 atom stereocenters. The van der Waals surface area contributed by atoms with Crippen molar-refractivity contribution in [3.63, 3.8) is 0 Å². The minimum absolute atomic E-state index is 0.0192. The van der Waals surface area contributed by atoms with Crippen molar-refractivity contribution in [2.75, 3.05) is 45.5 Å². The number of allylic oxidation sites excluding steroid dienone is 3. The van der Waals surface area contributed by atoms with E-state index in [1.165, 1.54) is 55.2 Å². The molecule has 5 N–H and O–H groups in total. The molecule has 0 saturated carbocycles. The summed E-state index contributed by atoms with van der Waals surface area (Å²) >= 11 is 12.6. The van der Waals surface area contributed by atoms with Gasteiger partial charge in [0.2, 0.25) is 11.8 Å². The van der Waals surface area contributed by atoms with Crippen molar-refractivity contribution in [3.8, 4) is 0 Å². The average Bonchev–Trinajstić information content (AvgIpc) is 1.60. The van der Waals surface area contributed by atoms with Gasteiger partial charge in [0.1, 0.15) is 35.6 Å². The molecule has 2 aromatic carbocycles. The third-order valence-corrected chi connectivity index (χ3v) is 19.3. The number of aryl methyl sites for hydroxylation is 1. The van der Waals surface area contributed by atoms with E-state index < -0.39 is 124 Å². The number of likely N-dealkylation sites (N-methyl/N-ethyl adjacent to an activating group) is 1. The van der Waals surface area contributed by atoms with Crippen LogP contribution in [0.15, 0.2) is 71.2 Å². The molecule has 2 fully saturated rings. The predicted molar refractivity (Wildman–Crippen MR) is 336 cm³/mol. The maximum Gasteiger partial charge on any atom is 0.328 e. The number of urea groups is 1. The van der Waals surface area contributed by atoms with Crippen LogP contribution in [0.1, 0.15) is 133 Å². The van der Waals surface area contributed by atoms with Crippen LogP contribution < -0.4 is 21.3 Å². The van der Waals surface area contributed by atoms with E-state index in [-0.39, 0.29) is 78.9 Å². The Hall–Kier alpha value is -6.70. The number of carbonyl (C=O) groups excluding carboxylic acids is 9. The highest BCUT2D eigenvalue weighted by Gasteiger charge is 2.64. The number of imide groups is 1. The lowest BCUT2D eigenvalue weighted by atomic mass is 9.78. The summed E-state index contributed by atoms with van der Waals surface area (Å²) in [6.07, 6.45) is 6.79. The fourth-order valence-electron chi connectivity index (χ4n) is 11.7. The number of methoxy groups -OCH3 is 1. The zero-order valence-corrected chi connectivity index (χ0v) is 54.9. The summed E-state index contributed by atoms with van der Waals surface area (Å²) in [5.74, 6) is -6.17. The van der Waals surface area contributed by atoms with Gasteiger partial charge in [0, 0.05) is 82.9 Å². The number of sulfone groups is 1. The molecule has 4 aliphatic heterocycles. The molecule has 0 aliphatic carbocycles. The molecule has 25 heteroatoms. The number of carbonyl (C=O) groups is 9. The van der Waals surface area contributed by atoms with E-state index in [4.69, 9.17) is 48.5 Å². The van der Waals surface area contributed by atoms with Gasteiger partial charge < -0.3 is 50.2 Å². The van der Waals surface area contributed by atoms with Gasteiger partial charge in [-0.15, -0.1) is 0 Å². The van der Waals surface area contributed by atoms with Gasteiger partial charge in [-0.05, 0) is 118 Å². The summed E-state index contributed by atoms with van der Waals surface area (Å²) in [6, 6.07) is 4.12. The van der Waals surface area contributed by atoms with E-state index in [2.05, 4.69) is 10.6 Å². The topological polar surface area (TPSA) is 308 Å². The molecule has 0 radical (unpaired) electrons. The highest BCUT2D eigenvalue weighted by Crippen LogP contribution is 2.50. The Bertz CT molecular complexity index is 3280. The number of nitrogens with two attached hydrogens (primary N) is 1. The molecular formula is C64H85ClN6O16S2. The van der Waals surface area contributed by atoms with Crippen molar-refractivity contribution >= 4 is 97.5 Å². The highest BCUT2D eigenvalue weighted by atomic mass is 35.5. The van der Waals surface area contributed by atoms with Crippen LogP contribution in [0.5, 0.6) is 0 Å². The molecule has 7 amide bonds. The smallest absolute Gasteiger partial charge is 0.328 e. The number of nitrogens with zero attached hydrogens (tertiary/aromatic N) is 3. The van der Waals surface area contributed by atoms with E-state index in [0.29, 0.717) is 53.2 Å². The van der Waals surface area contributed by atoms with Gasteiger partial charge in [0.05, 0.1) is 40.6 Å². The number of hydrogen-bond donors (Lipinski definition) is 4. The monoisotopic (exact) mass is 1290 g/mol. The maximum absolute atomic E-state index is 14.5. The summed E-state index contributed by atoms with van der Waals surface area (Å²) in [4.78, 5) is 124. The molecule has 2 aromatic rings. The minimum atomic E-state index is -4.17. The van der Waals surface area contributed by atoms with Crippen LogP contribution in [-0.2, 0) is 75.2 Å². The Kier molecular flexibility index (Phi) is 24.4. The third kappa shape index (κ3) is 18.3. The van der Waals surface area contributed by atoms with Crippen LogP contribution in [0.2, 0.25) is 5.02 Å². The van der Waals surface area contributed by atoms with Gasteiger partial charge in [-0.2, -0.15) is 0 Å². The van der Waals surface area contributed by atoms with Crippen molar-refractivity contribution in [3.05, 3.63) is 93.6 Å². The summed E-state index contributed by atoms with van der Waals surface area (Å²) in [6.45, 7) is 12.6. The van der Waals surface area contributed by atoms with Crippen molar-refractivity contribution in [2.45, 2.75) is 178 Å². The van der Waals surface area contributed by atoms with Gasteiger partial charge in [0.25, 0.3) is 17.7 Å². The summed E-state index contributed by atoms with van der Waals surface area (Å²) in [5.41, 5.74) is 4.94. The number of Topliss-reactive ketones (excluding diaryl/α,β-unsaturated/α-hetero) is 1. The standard InChI is InChI=1S/C64H85ClN6O16S2/c1-36(2)45(32-44(88)18-13-12-14-26-71-53(73)23-24-54(71)74)59(77)68-46(19-16-25-67-62(66)80)48(72)30-42-21-22-43(31-50(42)89(11,82)83)60(78)69(8)40(6)61(79)86-52-33-55(75)70(9)47-29-41(28-38(4)57(47)65)27-37(3)17-15-20-51(84-10)64(81)34-49(85-56(76)35-64)39(5)58-63(52,7)87-58/h15,17,20-24,28-29,31,36,39-40,45-46,49,51-52,58,81H,12-14,16,18-19,25-27,30,32-35H2,1-11H3,(H,68,77)(H3,66,67,80)/b20-15+,37-17+/t39-,40+,45+,46+,49+,51-,52+,58+,63+,64-/m1/s1. The number of ether oxygens (including phenoxy) is 4. The van der Waals surface area contributed by atoms with Crippen LogP contribution in [0.3, 0.4) is 0 Å². The molecule has 4 aliphatic rings. The number of benzene rings is 2. The van der Waals surface area contributed by atoms with Crippen molar-refractivity contribution in [1.29, 1.82) is 0 Å². The van der Waals surface area contributed by atoms with Gasteiger partial charge in [0.15, 0.2) is 15.6 Å². The van der Waals surface area contributed by atoms with E-state index in [1.807, 2.05) is 39.8 Å². The molecule has 22 nitrogen and oxygen atoms in total. The number of amides is 7. The van der Waals surface area contributed by atoms with Crippen molar-refractivity contribution in [2.24, 2.45) is 23.5 Å². The van der Waals surface area contributed by atoms with Gasteiger partial charge in [-0.3, -0.25) is 38.5 Å². The maximum atomic E-state index is 14.5. The largest absolute Gasteiger partial charge is 0.462 e. The first kappa shape index (κ1) is 71.4. The van der Waals surface area contributed by atoms with Gasteiger partial charge in [-0.1, -0.05) is 86.9 Å². The number of primary amides is 1. The fraction of sp³-hybridized carbons (Fsp3) is 0.562. The molecule has 0 aromatic heterocycles. The Labute approximate surface area is 531 Å². The van der Waals surface area contributed by atoms with E-state index >= 15 is 0 Å². The zero-order chi connectivity index (χ0) is 66.0. The number of fused-ring (bicyclic) bond motifs is 5. The Balaban J connectivity index is 1.20. The zero-order valence-electron chi connectivity index (χ0n) is 52.6. The lowest BCUT2D eigenvalue weighted by Crippen LogP contribution is -2.53.